The van der Waals surface area contributed by atoms with Crippen LogP contribution in [0.5, 0.6) is 5.75 Å². The van der Waals surface area contributed by atoms with Gasteiger partial charge in [0.05, 0.1) is 26.5 Å². The molecule has 0 aliphatic heterocycles. The molecule has 1 rings (SSSR count). The van der Waals surface area contributed by atoms with Crippen molar-refractivity contribution >= 4 is 7.60 Å². The summed E-state index contributed by atoms with van der Waals surface area (Å²) in [4.78, 5) is 11.9. The highest BCUT2D eigenvalue weighted by molar-refractivity contribution is 7.53. The van der Waals surface area contributed by atoms with Crippen molar-refractivity contribution in [3.8, 4) is 5.75 Å². The number of nitrogens with zero attached hydrogens (tertiary/aromatic N) is 1. The molecule has 0 atom stereocenters. The molecule has 0 aliphatic carbocycles. The second-order valence-electron chi connectivity index (χ2n) is 3.75. The Morgan fingerprint density at radius 1 is 1.26 bits per heavy atom. The third kappa shape index (κ3) is 4.49. The topological polar surface area (TPSA) is 66.8 Å². The Balaban J connectivity index is 2.80. The Hall–Kier alpha value is -1.10. The van der Waals surface area contributed by atoms with E-state index in [0.29, 0.717) is 13.2 Å². The maximum Gasteiger partial charge on any atom is 0.332 e. The van der Waals surface area contributed by atoms with E-state index in [1.54, 1.807) is 32.2 Å². The molecule has 0 unspecified atom stereocenters. The Kier molecular flexibility index (Phi) is 6.28. The van der Waals surface area contributed by atoms with E-state index < -0.39 is 7.60 Å². The molecule has 0 saturated carbocycles. The molecule has 0 spiro atoms. The van der Waals surface area contributed by atoms with E-state index in [9.17, 15) is 9.36 Å². The van der Waals surface area contributed by atoms with Gasteiger partial charge in [0.25, 0.3) is 5.56 Å². The molecule has 0 N–H and O–H groups in total. The van der Waals surface area contributed by atoms with Crippen molar-refractivity contribution in [2.75, 3.05) is 26.5 Å². The first-order valence-corrected chi connectivity index (χ1v) is 7.90. The molecule has 0 bridgehead atoms. The lowest BCUT2D eigenvalue weighted by Crippen LogP contribution is -2.22. The van der Waals surface area contributed by atoms with Crippen LogP contribution in [0.2, 0.25) is 0 Å². The van der Waals surface area contributed by atoms with E-state index in [-0.39, 0.29) is 24.0 Å². The third-order valence-corrected chi connectivity index (χ3v) is 4.52. The molecular weight excluding hydrogens is 269 g/mol. The fourth-order valence-corrected chi connectivity index (χ4v) is 3.22. The molecule has 0 aromatic carbocycles. The average molecular weight is 289 g/mol. The smallest absolute Gasteiger partial charge is 0.332 e. The average Bonchev–Trinajstić information content (AvgIpc) is 2.38. The Morgan fingerprint density at radius 3 is 2.42 bits per heavy atom. The zero-order chi connectivity index (χ0) is 14.3. The lowest BCUT2D eigenvalue weighted by atomic mass is 10.4. The monoisotopic (exact) mass is 289 g/mol. The van der Waals surface area contributed by atoms with Crippen molar-refractivity contribution in [2.45, 2.75) is 20.4 Å². The standard InChI is InChI=1S/C12H20NO5P/c1-4-17-19(15,18-5-2)10-9-13-8-6-7-11(16-3)12(13)14/h6-8H,4-5,9-10H2,1-3H3. The van der Waals surface area contributed by atoms with Gasteiger partial charge in [0.1, 0.15) is 0 Å². The lowest BCUT2D eigenvalue weighted by molar-refractivity contribution is 0.219. The second kappa shape index (κ2) is 7.48. The zero-order valence-electron chi connectivity index (χ0n) is 11.5. The fourth-order valence-electron chi connectivity index (χ4n) is 1.64. The largest absolute Gasteiger partial charge is 0.491 e. The third-order valence-electron chi connectivity index (χ3n) is 2.47. The minimum atomic E-state index is -3.13. The second-order valence-corrected chi connectivity index (χ2v) is 5.93. The number of aryl methyl sites for hydroxylation is 1. The number of hydrogen-bond acceptors (Lipinski definition) is 5. The minimum Gasteiger partial charge on any atom is -0.491 e. The molecule has 0 amide bonds. The highest BCUT2D eigenvalue weighted by Crippen LogP contribution is 2.47. The van der Waals surface area contributed by atoms with Gasteiger partial charge in [0.15, 0.2) is 5.75 Å². The molecule has 1 aromatic rings. The summed E-state index contributed by atoms with van der Waals surface area (Å²) >= 11 is 0. The first-order chi connectivity index (χ1) is 9.06. The van der Waals surface area contributed by atoms with Crippen LogP contribution in [-0.4, -0.2) is 31.1 Å². The number of hydrogen-bond donors (Lipinski definition) is 0. The van der Waals surface area contributed by atoms with E-state index in [1.807, 2.05) is 0 Å². The molecular formula is C12H20NO5P. The number of pyridine rings is 1. The van der Waals surface area contributed by atoms with Gasteiger partial charge in [-0.2, -0.15) is 0 Å². The van der Waals surface area contributed by atoms with Crippen LogP contribution in [0.25, 0.3) is 0 Å². The van der Waals surface area contributed by atoms with Gasteiger partial charge in [-0.1, -0.05) is 0 Å². The summed E-state index contributed by atoms with van der Waals surface area (Å²) in [6, 6.07) is 3.29. The van der Waals surface area contributed by atoms with E-state index in [1.165, 1.54) is 11.7 Å². The zero-order valence-corrected chi connectivity index (χ0v) is 12.4. The lowest BCUT2D eigenvalue weighted by Gasteiger charge is -2.17. The molecule has 0 radical (unpaired) electrons. The maximum absolute atomic E-state index is 12.3. The number of aromatic nitrogens is 1. The van der Waals surface area contributed by atoms with Gasteiger partial charge >= 0.3 is 7.60 Å². The van der Waals surface area contributed by atoms with Crippen LogP contribution in [-0.2, 0) is 20.2 Å². The van der Waals surface area contributed by atoms with Crippen molar-refractivity contribution in [3.63, 3.8) is 0 Å². The molecule has 19 heavy (non-hydrogen) atoms. The first-order valence-electron chi connectivity index (χ1n) is 6.18. The predicted octanol–water partition coefficient (Wildman–Crippen LogP) is 2.12. The Morgan fingerprint density at radius 2 is 1.89 bits per heavy atom. The molecule has 108 valence electrons. The first kappa shape index (κ1) is 16.0. The van der Waals surface area contributed by atoms with E-state index >= 15 is 0 Å². The van der Waals surface area contributed by atoms with E-state index in [0.717, 1.165) is 0 Å². The van der Waals surface area contributed by atoms with Gasteiger partial charge in [-0.25, -0.2) is 0 Å². The maximum atomic E-state index is 12.3. The summed E-state index contributed by atoms with van der Waals surface area (Å²) in [7, 11) is -1.69. The van der Waals surface area contributed by atoms with Crippen LogP contribution < -0.4 is 10.3 Å². The van der Waals surface area contributed by atoms with Crippen LogP contribution in [0.15, 0.2) is 23.1 Å². The van der Waals surface area contributed by atoms with Gasteiger partial charge in [-0.3, -0.25) is 9.36 Å². The Bertz CT molecular complexity index is 489. The van der Waals surface area contributed by atoms with Crippen molar-refractivity contribution in [1.82, 2.24) is 4.57 Å². The summed E-state index contributed by atoms with van der Waals surface area (Å²) in [6.07, 6.45) is 1.77. The summed E-state index contributed by atoms with van der Waals surface area (Å²) in [5, 5.41) is 0. The highest BCUT2D eigenvalue weighted by Gasteiger charge is 2.23. The van der Waals surface area contributed by atoms with Gasteiger partial charge < -0.3 is 18.4 Å². The van der Waals surface area contributed by atoms with Gasteiger partial charge in [-0.05, 0) is 26.0 Å². The summed E-state index contributed by atoms with van der Waals surface area (Å²) in [6.45, 7) is 4.38. The summed E-state index contributed by atoms with van der Waals surface area (Å²) in [5.74, 6) is 0.255. The molecule has 0 fully saturated rings. The normalized spacial score (nSPS) is 11.5. The summed E-state index contributed by atoms with van der Waals surface area (Å²) in [5.41, 5.74) is -0.260. The highest BCUT2D eigenvalue weighted by atomic mass is 31.2. The Labute approximate surface area is 112 Å². The van der Waals surface area contributed by atoms with Crippen molar-refractivity contribution in [1.29, 1.82) is 0 Å². The summed E-state index contributed by atoms with van der Waals surface area (Å²) < 4.78 is 29.0. The van der Waals surface area contributed by atoms with Crippen LogP contribution in [0.4, 0.5) is 0 Å². The molecule has 0 aliphatic rings. The SMILES string of the molecule is CCOP(=O)(CCn1cccc(OC)c1=O)OCC. The molecule has 7 heteroatoms. The number of methoxy groups -OCH3 is 1. The van der Waals surface area contributed by atoms with Crippen LogP contribution in [0, 0.1) is 0 Å². The van der Waals surface area contributed by atoms with E-state index in [4.69, 9.17) is 13.8 Å². The van der Waals surface area contributed by atoms with Crippen LogP contribution in [0.1, 0.15) is 13.8 Å². The van der Waals surface area contributed by atoms with Crippen LogP contribution in [0.3, 0.4) is 0 Å². The molecule has 6 nitrogen and oxygen atoms in total. The van der Waals surface area contributed by atoms with Gasteiger partial charge in [0, 0.05) is 12.7 Å². The van der Waals surface area contributed by atoms with Crippen molar-refractivity contribution < 1.29 is 18.3 Å². The fraction of sp³-hybridized carbons (Fsp3) is 0.583. The molecule has 1 aromatic heterocycles. The molecule has 1 heterocycles. The van der Waals surface area contributed by atoms with E-state index in [2.05, 4.69) is 0 Å². The van der Waals surface area contributed by atoms with Gasteiger partial charge in [-0.15, -0.1) is 0 Å². The van der Waals surface area contributed by atoms with Crippen molar-refractivity contribution in [2.24, 2.45) is 0 Å². The van der Waals surface area contributed by atoms with Gasteiger partial charge in [0.2, 0.25) is 0 Å². The van der Waals surface area contributed by atoms with Crippen LogP contribution >= 0.6 is 7.60 Å². The number of rotatable bonds is 8. The van der Waals surface area contributed by atoms with Crippen molar-refractivity contribution in [3.05, 3.63) is 28.7 Å². The predicted molar refractivity (Wildman–Crippen MR) is 73.0 cm³/mol. The number of ether oxygens (including phenoxy) is 1. The molecule has 0 saturated heterocycles. The quantitative estimate of drug-likeness (QED) is 0.686. The minimum absolute atomic E-state index is 0.155.